The molecular weight excluding hydrogens is 242 g/mol. The Labute approximate surface area is 115 Å². The highest BCUT2D eigenvalue weighted by atomic mass is 16.4. The van der Waals surface area contributed by atoms with E-state index in [1.54, 1.807) is 0 Å². The molecule has 5 heteroatoms. The summed E-state index contributed by atoms with van der Waals surface area (Å²) in [6.45, 7) is 6.10. The molecule has 0 amide bonds. The van der Waals surface area contributed by atoms with Crippen LogP contribution >= 0.6 is 0 Å². The van der Waals surface area contributed by atoms with E-state index in [0.717, 1.165) is 32.4 Å². The number of carboxylic acids is 1. The lowest BCUT2D eigenvalue weighted by atomic mass is 9.84. The highest BCUT2D eigenvalue weighted by Crippen LogP contribution is 2.25. The molecule has 0 atom stereocenters. The van der Waals surface area contributed by atoms with Gasteiger partial charge in [0.1, 0.15) is 0 Å². The van der Waals surface area contributed by atoms with Crippen molar-refractivity contribution in [3.63, 3.8) is 0 Å². The van der Waals surface area contributed by atoms with Gasteiger partial charge in [-0.15, -0.1) is 0 Å². The molecule has 0 bridgehead atoms. The third-order valence-corrected chi connectivity index (χ3v) is 3.34. The molecule has 0 saturated carbocycles. The molecule has 19 heavy (non-hydrogen) atoms. The topological polar surface area (TPSA) is 67.2 Å². The van der Waals surface area contributed by atoms with Gasteiger partial charge in [0, 0.05) is 19.7 Å². The van der Waals surface area contributed by atoms with Crippen LogP contribution in [0.5, 0.6) is 0 Å². The van der Waals surface area contributed by atoms with Gasteiger partial charge in [-0.1, -0.05) is 13.8 Å². The smallest absolute Gasteiger partial charge is 0.303 e. The van der Waals surface area contributed by atoms with Crippen LogP contribution in [-0.2, 0) is 18.3 Å². The quantitative estimate of drug-likeness (QED) is 0.670. The van der Waals surface area contributed by atoms with Crippen molar-refractivity contribution in [2.75, 3.05) is 13.1 Å². The Morgan fingerprint density at radius 1 is 1.42 bits per heavy atom. The van der Waals surface area contributed by atoms with Gasteiger partial charge in [0.15, 0.2) is 0 Å². The Morgan fingerprint density at radius 2 is 2.16 bits per heavy atom. The van der Waals surface area contributed by atoms with Gasteiger partial charge >= 0.3 is 5.97 Å². The number of aryl methyl sites for hydroxylation is 1. The first-order valence-corrected chi connectivity index (χ1v) is 6.79. The van der Waals surface area contributed by atoms with Crippen molar-refractivity contribution in [3.05, 3.63) is 18.0 Å². The minimum atomic E-state index is -0.711. The van der Waals surface area contributed by atoms with Gasteiger partial charge in [-0.05, 0) is 43.3 Å². The molecule has 0 spiro atoms. The molecule has 2 N–H and O–H groups in total. The van der Waals surface area contributed by atoms with Crippen LogP contribution in [0.3, 0.4) is 0 Å². The number of hydrogen-bond acceptors (Lipinski definition) is 3. The Balaban J connectivity index is 2.11. The molecule has 1 heterocycles. The number of aromatic nitrogens is 2. The van der Waals surface area contributed by atoms with Crippen molar-refractivity contribution in [1.29, 1.82) is 0 Å². The fourth-order valence-electron chi connectivity index (χ4n) is 1.96. The minimum Gasteiger partial charge on any atom is -0.481 e. The highest BCUT2D eigenvalue weighted by Gasteiger charge is 2.18. The first-order chi connectivity index (χ1) is 8.89. The van der Waals surface area contributed by atoms with Crippen LogP contribution in [0.2, 0.25) is 0 Å². The molecule has 0 saturated heterocycles. The average Bonchev–Trinajstić information content (AvgIpc) is 2.72. The van der Waals surface area contributed by atoms with E-state index in [1.807, 2.05) is 24.1 Å². The Bertz CT molecular complexity index is 399. The van der Waals surface area contributed by atoms with Crippen molar-refractivity contribution in [1.82, 2.24) is 15.1 Å². The van der Waals surface area contributed by atoms with Gasteiger partial charge < -0.3 is 10.4 Å². The number of nitrogens with one attached hydrogen (secondary N) is 1. The summed E-state index contributed by atoms with van der Waals surface area (Å²) in [4.78, 5) is 10.6. The lowest BCUT2D eigenvalue weighted by Gasteiger charge is -2.23. The van der Waals surface area contributed by atoms with Gasteiger partial charge in [-0.25, -0.2) is 0 Å². The summed E-state index contributed by atoms with van der Waals surface area (Å²) in [5, 5.41) is 16.2. The molecule has 0 aliphatic carbocycles. The van der Waals surface area contributed by atoms with Crippen LogP contribution in [0.15, 0.2) is 12.4 Å². The van der Waals surface area contributed by atoms with Gasteiger partial charge in [0.25, 0.3) is 0 Å². The van der Waals surface area contributed by atoms with Crippen LogP contribution in [-0.4, -0.2) is 33.9 Å². The number of nitrogens with zero attached hydrogens (tertiary/aromatic N) is 2. The molecule has 1 aromatic heterocycles. The van der Waals surface area contributed by atoms with E-state index in [4.69, 9.17) is 5.11 Å². The normalized spacial score (nSPS) is 11.7. The van der Waals surface area contributed by atoms with Crippen molar-refractivity contribution in [2.45, 2.75) is 39.5 Å². The summed E-state index contributed by atoms with van der Waals surface area (Å²) in [6.07, 6.45) is 6.86. The lowest BCUT2D eigenvalue weighted by Crippen LogP contribution is -2.24. The Kier molecular flexibility index (Phi) is 6.02. The number of aliphatic carboxylic acids is 1. The minimum absolute atomic E-state index is 0.0830. The van der Waals surface area contributed by atoms with E-state index in [9.17, 15) is 4.79 Å². The Hall–Kier alpha value is -1.36. The molecule has 0 aromatic carbocycles. The summed E-state index contributed by atoms with van der Waals surface area (Å²) in [6, 6.07) is 0. The standard InChI is InChI=1S/C14H25N3O2/c1-14(2,6-4-13(18)19)7-9-15-8-5-12-10-16-17(3)11-12/h10-11,15H,4-9H2,1-3H3,(H,18,19). The SMILES string of the molecule is Cn1cc(CCNCCC(C)(C)CCC(=O)O)cn1. The van der Waals surface area contributed by atoms with Crippen molar-refractivity contribution in [2.24, 2.45) is 12.5 Å². The van der Waals surface area contributed by atoms with Crippen molar-refractivity contribution < 1.29 is 9.90 Å². The second kappa shape index (κ2) is 7.28. The molecule has 108 valence electrons. The zero-order valence-corrected chi connectivity index (χ0v) is 12.1. The second-order valence-corrected chi connectivity index (χ2v) is 5.83. The zero-order chi connectivity index (χ0) is 14.3. The molecule has 0 aliphatic heterocycles. The number of carbonyl (C=O) groups is 1. The fourth-order valence-corrected chi connectivity index (χ4v) is 1.96. The monoisotopic (exact) mass is 267 g/mol. The van der Waals surface area contributed by atoms with E-state index in [2.05, 4.69) is 24.3 Å². The maximum Gasteiger partial charge on any atom is 0.303 e. The Morgan fingerprint density at radius 3 is 2.74 bits per heavy atom. The number of hydrogen-bond donors (Lipinski definition) is 2. The molecular formula is C14H25N3O2. The molecule has 0 aliphatic rings. The van der Waals surface area contributed by atoms with Crippen molar-refractivity contribution in [3.8, 4) is 0 Å². The highest BCUT2D eigenvalue weighted by molar-refractivity contribution is 5.66. The maximum absolute atomic E-state index is 10.6. The summed E-state index contributed by atoms with van der Waals surface area (Å²) < 4.78 is 1.81. The third-order valence-electron chi connectivity index (χ3n) is 3.34. The summed E-state index contributed by atoms with van der Waals surface area (Å²) in [5.41, 5.74) is 1.32. The molecule has 0 fully saturated rings. The maximum atomic E-state index is 10.6. The van der Waals surface area contributed by atoms with Gasteiger partial charge in [-0.2, -0.15) is 5.10 Å². The zero-order valence-electron chi connectivity index (χ0n) is 12.1. The second-order valence-electron chi connectivity index (χ2n) is 5.83. The first kappa shape index (κ1) is 15.7. The molecule has 5 nitrogen and oxygen atoms in total. The van der Waals surface area contributed by atoms with Gasteiger partial charge in [0.05, 0.1) is 6.20 Å². The average molecular weight is 267 g/mol. The van der Waals surface area contributed by atoms with Gasteiger partial charge in [0.2, 0.25) is 0 Å². The van der Waals surface area contributed by atoms with E-state index in [1.165, 1.54) is 5.56 Å². The molecule has 1 aromatic rings. The largest absolute Gasteiger partial charge is 0.481 e. The van der Waals surface area contributed by atoms with Crippen molar-refractivity contribution >= 4 is 5.97 Å². The van der Waals surface area contributed by atoms with Crippen LogP contribution in [0.4, 0.5) is 0 Å². The summed E-state index contributed by atoms with van der Waals surface area (Å²) in [7, 11) is 1.92. The van der Waals surface area contributed by atoms with E-state index >= 15 is 0 Å². The first-order valence-electron chi connectivity index (χ1n) is 6.79. The fraction of sp³-hybridized carbons (Fsp3) is 0.714. The van der Waals surface area contributed by atoms with Crippen LogP contribution in [0.1, 0.15) is 38.7 Å². The predicted octanol–water partition coefficient (Wildman–Crippen LogP) is 1.83. The van der Waals surface area contributed by atoms with Crippen LogP contribution in [0, 0.1) is 5.41 Å². The summed E-state index contributed by atoms with van der Waals surface area (Å²) >= 11 is 0. The van der Waals surface area contributed by atoms with E-state index < -0.39 is 5.97 Å². The molecule has 0 radical (unpaired) electrons. The number of carboxylic acid groups (broad SMARTS) is 1. The van der Waals surface area contributed by atoms with Crippen LogP contribution in [0.25, 0.3) is 0 Å². The summed E-state index contributed by atoms with van der Waals surface area (Å²) in [5.74, 6) is -0.711. The third kappa shape index (κ3) is 6.96. The number of rotatable bonds is 9. The van der Waals surface area contributed by atoms with Crippen LogP contribution < -0.4 is 5.32 Å². The lowest BCUT2D eigenvalue weighted by molar-refractivity contribution is -0.137. The predicted molar refractivity (Wildman–Crippen MR) is 75.0 cm³/mol. The molecule has 0 unspecified atom stereocenters. The van der Waals surface area contributed by atoms with E-state index in [0.29, 0.717) is 0 Å². The van der Waals surface area contributed by atoms with Gasteiger partial charge in [-0.3, -0.25) is 9.48 Å². The van der Waals surface area contributed by atoms with E-state index in [-0.39, 0.29) is 11.8 Å². The molecule has 1 rings (SSSR count).